The van der Waals surface area contributed by atoms with E-state index in [2.05, 4.69) is 26.6 Å². The molecule has 8 heteroatoms. The zero-order valence-corrected chi connectivity index (χ0v) is 18.2. The van der Waals surface area contributed by atoms with Gasteiger partial charge in [-0.2, -0.15) is 0 Å². The number of rotatable bonds is 5. The second kappa shape index (κ2) is 9.91. The molecule has 0 spiro atoms. The Morgan fingerprint density at radius 2 is 1.75 bits per heavy atom. The first-order valence-corrected chi connectivity index (χ1v) is 10.2. The van der Waals surface area contributed by atoms with E-state index >= 15 is 0 Å². The van der Waals surface area contributed by atoms with Gasteiger partial charge >= 0.3 is 6.09 Å². The van der Waals surface area contributed by atoms with Gasteiger partial charge in [-0.05, 0) is 51.3 Å². The van der Waals surface area contributed by atoms with Crippen molar-refractivity contribution < 1.29 is 19.1 Å². The number of amides is 3. The number of nitrogens with one attached hydrogen (secondary N) is 2. The van der Waals surface area contributed by atoms with E-state index in [1.807, 2.05) is 29.2 Å². The molecular weight excluding hydrogens is 426 g/mol. The molecule has 0 radical (unpaired) electrons. The maximum atomic E-state index is 12.4. The minimum absolute atomic E-state index is 0.00432. The second-order valence-corrected chi connectivity index (χ2v) is 8.80. The lowest BCUT2D eigenvalue weighted by Crippen LogP contribution is -2.49. The van der Waals surface area contributed by atoms with Crippen LogP contribution in [-0.2, 0) is 20.7 Å². The van der Waals surface area contributed by atoms with Crippen LogP contribution in [0.1, 0.15) is 39.2 Å². The highest BCUT2D eigenvalue weighted by molar-refractivity contribution is 9.10. The van der Waals surface area contributed by atoms with Gasteiger partial charge in [0.15, 0.2) is 0 Å². The van der Waals surface area contributed by atoms with E-state index in [1.54, 1.807) is 20.8 Å². The molecule has 0 aromatic heterocycles. The minimum atomic E-state index is -0.615. The molecule has 1 aliphatic heterocycles. The van der Waals surface area contributed by atoms with Crippen LogP contribution in [0.5, 0.6) is 0 Å². The zero-order chi connectivity index (χ0) is 20.7. The largest absolute Gasteiger partial charge is 0.444 e. The van der Waals surface area contributed by atoms with Crippen molar-refractivity contribution in [2.75, 3.05) is 19.6 Å². The van der Waals surface area contributed by atoms with Crippen LogP contribution < -0.4 is 10.6 Å². The van der Waals surface area contributed by atoms with Gasteiger partial charge in [-0.25, -0.2) is 4.79 Å². The molecule has 7 nitrogen and oxygen atoms in total. The lowest BCUT2D eigenvalue weighted by molar-refractivity contribution is -0.131. The van der Waals surface area contributed by atoms with Gasteiger partial charge in [-0.1, -0.05) is 28.1 Å². The number of carbonyl (C=O) groups excluding carboxylic acids is 3. The van der Waals surface area contributed by atoms with Gasteiger partial charge in [0.05, 0.1) is 6.42 Å². The molecule has 1 fully saturated rings. The van der Waals surface area contributed by atoms with Gasteiger partial charge < -0.3 is 20.3 Å². The highest BCUT2D eigenvalue weighted by atomic mass is 79.9. The van der Waals surface area contributed by atoms with Crippen molar-refractivity contribution in [3.8, 4) is 0 Å². The Balaban J connectivity index is 1.68. The first-order chi connectivity index (χ1) is 13.1. The number of benzene rings is 1. The molecule has 0 unspecified atom stereocenters. The third kappa shape index (κ3) is 7.88. The van der Waals surface area contributed by atoms with E-state index in [-0.39, 0.29) is 24.4 Å². The summed E-state index contributed by atoms with van der Waals surface area (Å²) < 4.78 is 6.08. The summed E-state index contributed by atoms with van der Waals surface area (Å²) in [6.07, 6.45) is 1.16. The van der Waals surface area contributed by atoms with E-state index in [1.165, 1.54) is 0 Å². The van der Waals surface area contributed by atoms with Crippen LogP contribution in [0.4, 0.5) is 4.79 Å². The highest BCUT2D eigenvalue weighted by Gasteiger charge is 2.24. The summed E-state index contributed by atoms with van der Waals surface area (Å²) in [6.45, 7) is 6.38. The molecule has 0 atom stereocenters. The normalized spacial score (nSPS) is 15.1. The number of likely N-dealkylation sites (tertiary alicyclic amines) is 1. The first kappa shape index (κ1) is 22.2. The number of ether oxygens (including phenoxy) is 1. The number of nitrogens with zero attached hydrogens (tertiary/aromatic N) is 1. The molecule has 2 rings (SSSR count). The number of carbonyl (C=O) groups is 3. The predicted molar refractivity (Wildman–Crippen MR) is 110 cm³/mol. The molecule has 1 aromatic rings. The van der Waals surface area contributed by atoms with Gasteiger partial charge in [0.2, 0.25) is 11.8 Å². The van der Waals surface area contributed by atoms with Crippen LogP contribution in [-0.4, -0.2) is 54.1 Å². The maximum Gasteiger partial charge on any atom is 0.408 e. The Bertz CT molecular complexity index is 692. The molecule has 1 aromatic carbocycles. The van der Waals surface area contributed by atoms with E-state index in [0.29, 0.717) is 32.4 Å². The van der Waals surface area contributed by atoms with Crippen LogP contribution in [0.25, 0.3) is 0 Å². The van der Waals surface area contributed by atoms with Crippen LogP contribution in [0.2, 0.25) is 0 Å². The van der Waals surface area contributed by atoms with Gasteiger partial charge in [0.25, 0.3) is 0 Å². The molecule has 0 aliphatic carbocycles. The Kier molecular flexibility index (Phi) is 7.86. The molecule has 0 bridgehead atoms. The highest BCUT2D eigenvalue weighted by Crippen LogP contribution is 2.15. The predicted octanol–water partition coefficient (Wildman–Crippen LogP) is 2.62. The molecule has 28 heavy (non-hydrogen) atoms. The van der Waals surface area contributed by atoms with Crippen LogP contribution >= 0.6 is 15.9 Å². The molecule has 3 amide bonds. The Morgan fingerprint density at radius 1 is 1.14 bits per heavy atom. The molecule has 154 valence electrons. The van der Waals surface area contributed by atoms with E-state index in [4.69, 9.17) is 4.74 Å². The Labute approximate surface area is 174 Å². The summed E-state index contributed by atoms with van der Waals surface area (Å²) >= 11 is 3.39. The van der Waals surface area contributed by atoms with E-state index in [0.717, 1.165) is 10.0 Å². The van der Waals surface area contributed by atoms with Crippen molar-refractivity contribution in [2.45, 2.75) is 51.7 Å². The average Bonchev–Trinajstić information content (AvgIpc) is 2.61. The maximum absolute atomic E-state index is 12.4. The van der Waals surface area contributed by atoms with Gasteiger partial charge in [-0.15, -0.1) is 0 Å². The summed E-state index contributed by atoms with van der Waals surface area (Å²) in [5.74, 6) is -0.163. The van der Waals surface area contributed by atoms with Gasteiger partial charge in [-0.3, -0.25) is 9.59 Å². The summed E-state index contributed by atoms with van der Waals surface area (Å²) in [7, 11) is 0. The SMILES string of the molecule is CC(C)(C)OC(=O)NCC(=O)NC1CCN(C(=O)Cc2ccc(Br)cc2)CC1. The van der Waals surface area contributed by atoms with E-state index in [9.17, 15) is 14.4 Å². The van der Waals surface area contributed by atoms with Crippen LogP contribution in [0, 0.1) is 0 Å². The lowest BCUT2D eigenvalue weighted by Gasteiger charge is -2.32. The van der Waals surface area contributed by atoms with Gasteiger partial charge in [0.1, 0.15) is 12.1 Å². The number of hydrogen-bond donors (Lipinski definition) is 2. The van der Waals surface area contributed by atoms with Crippen molar-refractivity contribution in [2.24, 2.45) is 0 Å². The quantitative estimate of drug-likeness (QED) is 0.716. The third-order valence-electron chi connectivity index (χ3n) is 4.27. The Hall–Kier alpha value is -2.09. The smallest absolute Gasteiger partial charge is 0.408 e. The van der Waals surface area contributed by atoms with Crippen molar-refractivity contribution in [1.82, 2.24) is 15.5 Å². The first-order valence-electron chi connectivity index (χ1n) is 9.41. The number of hydrogen-bond acceptors (Lipinski definition) is 4. The summed E-state index contributed by atoms with van der Waals surface area (Å²) in [6, 6.07) is 7.73. The minimum Gasteiger partial charge on any atom is -0.444 e. The monoisotopic (exact) mass is 453 g/mol. The van der Waals surface area contributed by atoms with E-state index < -0.39 is 11.7 Å². The van der Waals surface area contributed by atoms with Crippen molar-refractivity contribution in [3.63, 3.8) is 0 Å². The molecule has 1 heterocycles. The average molecular weight is 454 g/mol. The molecular formula is C20H28BrN3O4. The summed E-state index contributed by atoms with van der Waals surface area (Å²) in [5, 5.41) is 5.35. The standard InChI is InChI=1S/C20H28BrN3O4/c1-20(2,3)28-19(27)22-13-17(25)23-16-8-10-24(11-9-16)18(26)12-14-4-6-15(21)7-5-14/h4-7,16H,8-13H2,1-3H3,(H,22,27)(H,23,25). The number of alkyl carbamates (subject to hydrolysis) is 1. The molecule has 2 N–H and O–H groups in total. The summed E-state index contributed by atoms with van der Waals surface area (Å²) in [4.78, 5) is 37.9. The fraction of sp³-hybridized carbons (Fsp3) is 0.550. The van der Waals surface area contributed by atoms with Crippen molar-refractivity contribution >= 4 is 33.8 Å². The van der Waals surface area contributed by atoms with Crippen LogP contribution in [0.3, 0.4) is 0 Å². The molecule has 1 aliphatic rings. The van der Waals surface area contributed by atoms with Crippen molar-refractivity contribution in [1.29, 1.82) is 0 Å². The molecule has 1 saturated heterocycles. The fourth-order valence-electron chi connectivity index (χ4n) is 2.91. The van der Waals surface area contributed by atoms with Gasteiger partial charge in [0, 0.05) is 23.6 Å². The van der Waals surface area contributed by atoms with Crippen molar-refractivity contribution in [3.05, 3.63) is 34.3 Å². The second-order valence-electron chi connectivity index (χ2n) is 7.88. The zero-order valence-electron chi connectivity index (χ0n) is 16.6. The third-order valence-corrected chi connectivity index (χ3v) is 4.80. The number of halogens is 1. The number of piperidine rings is 1. The Morgan fingerprint density at radius 3 is 2.32 bits per heavy atom. The van der Waals surface area contributed by atoms with Crippen LogP contribution in [0.15, 0.2) is 28.7 Å². The fourth-order valence-corrected chi connectivity index (χ4v) is 3.17. The summed E-state index contributed by atoms with van der Waals surface area (Å²) in [5.41, 5.74) is 0.382. The topological polar surface area (TPSA) is 87.7 Å². The molecule has 0 saturated carbocycles. The lowest BCUT2D eigenvalue weighted by atomic mass is 10.0.